The molecule has 2 rings (SSSR count). The van der Waals surface area contributed by atoms with Gasteiger partial charge in [-0.3, -0.25) is 4.79 Å². The summed E-state index contributed by atoms with van der Waals surface area (Å²) >= 11 is 0. The molecule has 0 saturated heterocycles. The highest BCUT2D eigenvalue weighted by Crippen LogP contribution is 2.31. The monoisotopic (exact) mass is 415 g/mol. The van der Waals surface area contributed by atoms with Gasteiger partial charge in [-0.05, 0) is 24.6 Å². The highest BCUT2D eigenvalue weighted by atomic mass is 35.5. The van der Waals surface area contributed by atoms with E-state index in [-0.39, 0.29) is 36.6 Å². The van der Waals surface area contributed by atoms with Crippen molar-refractivity contribution in [1.29, 1.82) is 0 Å². The number of pyridine rings is 1. The second-order valence-corrected chi connectivity index (χ2v) is 5.72. The van der Waals surface area contributed by atoms with Gasteiger partial charge in [0.1, 0.15) is 0 Å². The molecule has 0 aliphatic carbocycles. The zero-order valence-electron chi connectivity index (χ0n) is 15.5. The molecule has 8 heteroatoms. The van der Waals surface area contributed by atoms with Crippen molar-refractivity contribution in [2.24, 2.45) is 11.7 Å². The number of amides is 1. The van der Waals surface area contributed by atoms with Gasteiger partial charge < -0.3 is 20.5 Å². The zero-order valence-corrected chi connectivity index (χ0v) is 17.1. The van der Waals surface area contributed by atoms with E-state index in [1.807, 2.05) is 37.3 Å². The Morgan fingerprint density at radius 3 is 2.56 bits per heavy atom. The minimum Gasteiger partial charge on any atom is -0.490 e. The van der Waals surface area contributed by atoms with Crippen LogP contribution in [0.25, 0.3) is 0 Å². The van der Waals surface area contributed by atoms with E-state index in [4.69, 9.17) is 15.2 Å². The summed E-state index contributed by atoms with van der Waals surface area (Å²) in [5.74, 6) is 1.38. The number of nitrogens with two attached hydrogens (primary N) is 1. The number of aromatic nitrogens is 1. The van der Waals surface area contributed by atoms with Gasteiger partial charge in [-0.15, -0.1) is 24.8 Å². The maximum Gasteiger partial charge on any atom is 0.224 e. The normalized spacial score (nSPS) is 10.8. The third-order valence-electron chi connectivity index (χ3n) is 3.62. The van der Waals surface area contributed by atoms with Crippen LogP contribution in [0, 0.1) is 5.92 Å². The first-order chi connectivity index (χ1) is 12.2. The number of carbonyl (C=O) groups excluding carboxylic acids is 1. The van der Waals surface area contributed by atoms with Gasteiger partial charge >= 0.3 is 0 Å². The van der Waals surface area contributed by atoms with E-state index in [2.05, 4.69) is 10.3 Å². The summed E-state index contributed by atoms with van der Waals surface area (Å²) in [6.07, 6.45) is 2.56. The summed E-state index contributed by atoms with van der Waals surface area (Å²) < 4.78 is 11.7. The lowest BCUT2D eigenvalue weighted by molar-refractivity contribution is -0.124. The van der Waals surface area contributed by atoms with Gasteiger partial charge in [-0.1, -0.05) is 32.0 Å². The molecular weight excluding hydrogens is 389 g/mol. The fourth-order valence-electron chi connectivity index (χ4n) is 2.08. The van der Waals surface area contributed by atoms with E-state index in [0.717, 1.165) is 12.0 Å². The van der Waals surface area contributed by atoms with Gasteiger partial charge in [0.2, 0.25) is 11.8 Å². The van der Waals surface area contributed by atoms with Crippen LogP contribution in [0.2, 0.25) is 0 Å². The Labute approximate surface area is 172 Å². The van der Waals surface area contributed by atoms with E-state index in [0.29, 0.717) is 37.1 Å². The van der Waals surface area contributed by atoms with Crippen molar-refractivity contribution < 1.29 is 14.3 Å². The topological polar surface area (TPSA) is 86.5 Å². The maximum atomic E-state index is 11.9. The molecule has 0 aliphatic heterocycles. The van der Waals surface area contributed by atoms with E-state index in [1.165, 1.54) is 0 Å². The van der Waals surface area contributed by atoms with Crippen molar-refractivity contribution in [3.8, 4) is 17.4 Å². The molecule has 0 aliphatic rings. The van der Waals surface area contributed by atoms with E-state index in [9.17, 15) is 4.79 Å². The molecule has 1 aromatic carbocycles. The van der Waals surface area contributed by atoms with Gasteiger partial charge in [0.15, 0.2) is 11.5 Å². The molecule has 0 bridgehead atoms. The Balaban J connectivity index is 0.00000338. The van der Waals surface area contributed by atoms with Crippen LogP contribution in [-0.2, 0) is 11.3 Å². The maximum absolute atomic E-state index is 11.9. The number of rotatable bonds is 9. The van der Waals surface area contributed by atoms with Gasteiger partial charge in [-0.25, -0.2) is 4.98 Å². The number of ether oxygens (including phenoxy) is 2. The predicted octanol–water partition coefficient (Wildman–Crippen LogP) is 3.72. The van der Waals surface area contributed by atoms with Crippen molar-refractivity contribution in [3.05, 3.63) is 48.2 Å². The van der Waals surface area contributed by atoms with Crippen LogP contribution < -0.4 is 20.5 Å². The van der Waals surface area contributed by atoms with Crippen molar-refractivity contribution >= 4 is 30.7 Å². The van der Waals surface area contributed by atoms with Crippen LogP contribution in [-0.4, -0.2) is 24.0 Å². The highest BCUT2D eigenvalue weighted by molar-refractivity contribution is 5.85. The fraction of sp³-hybridized carbons (Fsp3) is 0.368. The quantitative estimate of drug-likeness (QED) is 0.651. The van der Waals surface area contributed by atoms with Crippen LogP contribution in [0.15, 0.2) is 42.6 Å². The zero-order chi connectivity index (χ0) is 18.1. The summed E-state index contributed by atoms with van der Waals surface area (Å²) in [4.78, 5) is 16.2. The van der Waals surface area contributed by atoms with Crippen molar-refractivity contribution in [1.82, 2.24) is 10.3 Å². The Hall–Kier alpha value is -2.02. The number of para-hydroxylation sites is 2. The Morgan fingerprint density at radius 2 is 1.89 bits per heavy atom. The molecule has 0 saturated carbocycles. The lowest BCUT2D eigenvalue weighted by Gasteiger charge is -2.14. The van der Waals surface area contributed by atoms with Gasteiger partial charge in [0.25, 0.3) is 0 Å². The van der Waals surface area contributed by atoms with Crippen molar-refractivity contribution in [2.45, 2.75) is 26.8 Å². The molecule has 0 radical (unpaired) electrons. The first-order valence-electron chi connectivity index (χ1n) is 8.47. The lowest BCUT2D eigenvalue weighted by Crippen LogP contribution is -2.32. The number of halogens is 2. The fourth-order valence-corrected chi connectivity index (χ4v) is 2.08. The molecule has 0 fully saturated rings. The molecule has 1 atom stereocenters. The Morgan fingerprint density at radius 1 is 1.19 bits per heavy atom. The Bertz CT molecular complexity index is 701. The minimum atomic E-state index is -0.232. The number of nitrogens with one attached hydrogen (secondary N) is 1. The molecule has 0 spiro atoms. The van der Waals surface area contributed by atoms with Crippen LogP contribution in [0.5, 0.6) is 17.4 Å². The molecule has 27 heavy (non-hydrogen) atoms. The molecule has 2 aromatic rings. The van der Waals surface area contributed by atoms with Gasteiger partial charge in [0.05, 0.1) is 6.61 Å². The Kier molecular flexibility index (Phi) is 12.2. The summed E-state index contributed by atoms with van der Waals surface area (Å²) in [5.41, 5.74) is 6.30. The standard InChI is InChI=1S/C19H25N3O3.2ClH/c1-3-11-24-16-8-4-5-9-17(16)25-19-15(7-6-10-21-19)13-22-18(23)14(2)12-20;;/h4-10,14H,3,11-13,20H2,1-2H3,(H,22,23);2*1H. The van der Waals surface area contributed by atoms with Crippen LogP contribution in [0.4, 0.5) is 0 Å². The largest absolute Gasteiger partial charge is 0.490 e. The average Bonchev–Trinajstić information content (AvgIpc) is 2.65. The predicted molar refractivity (Wildman–Crippen MR) is 111 cm³/mol. The lowest BCUT2D eigenvalue weighted by atomic mass is 10.1. The van der Waals surface area contributed by atoms with Crippen molar-refractivity contribution in [3.63, 3.8) is 0 Å². The summed E-state index contributed by atoms with van der Waals surface area (Å²) in [7, 11) is 0. The minimum absolute atomic E-state index is 0. The smallest absolute Gasteiger partial charge is 0.224 e. The number of benzene rings is 1. The van der Waals surface area contributed by atoms with E-state index >= 15 is 0 Å². The second-order valence-electron chi connectivity index (χ2n) is 5.72. The number of carbonyl (C=O) groups is 1. The number of hydrogen-bond donors (Lipinski definition) is 2. The molecule has 1 unspecified atom stereocenters. The first-order valence-corrected chi connectivity index (χ1v) is 8.47. The highest BCUT2D eigenvalue weighted by Gasteiger charge is 2.13. The molecule has 150 valence electrons. The molecule has 1 heterocycles. The molecular formula is C19H27Cl2N3O3. The third kappa shape index (κ3) is 7.62. The molecule has 3 N–H and O–H groups in total. The van der Waals surface area contributed by atoms with Gasteiger partial charge in [0, 0.05) is 30.8 Å². The summed E-state index contributed by atoms with van der Waals surface area (Å²) in [6, 6.07) is 11.1. The summed E-state index contributed by atoms with van der Waals surface area (Å²) in [6.45, 7) is 5.08. The average molecular weight is 416 g/mol. The van der Waals surface area contributed by atoms with Crippen LogP contribution >= 0.6 is 24.8 Å². The molecule has 1 amide bonds. The first kappa shape index (κ1) is 25.0. The number of hydrogen-bond acceptors (Lipinski definition) is 5. The van der Waals surface area contributed by atoms with Crippen LogP contribution in [0.1, 0.15) is 25.8 Å². The van der Waals surface area contributed by atoms with Crippen molar-refractivity contribution in [2.75, 3.05) is 13.2 Å². The molecule has 1 aromatic heterocycles. The molecule has 6 nitrogen and oxygen atoms in total. The summed E-state index contributed by atoms with van der Waals surface area (Å²) in [5, 5.41) is 2.85. The second kappa shape index (κ2) is 13.2. The van der Waals surface area contributed by atoms with E-state index < -0.39 is 0 Å². The number of nitrogens with zero attached hydrogens (tertiary/aromatic N) is 1. The SMILES string of the molecule is CCCOc1ccccc1Oc1ncccc1CNC(=O)C(C)CN.Cl.Cl. The third-order valence-corrected chi connectivity index (χ3v) is 3.62. The van der Waals surface area contributed by atoms with Gasteiger partial charge in [-0.2, -0.15) is 0 Å². The van der Waals surface area contributed by atoms with Crippen LogP contribution in [0.3, 0.4) is 0 Å². The van der Waals surface area contributed by atoms with E-state index in [1.54, 1.807) is 19.2 Å².